The van der Waals surface area contributed by atoms with Gasteiger partial charge in [-0.05, 0) is 30.2 Å². The zero-order chi connectivity index (χ0) is 9.68. The normalized spacial score (nSPS) is 11.0. The molecule has 0 amide bonds. The summed E-state index contributed by atoms with van der Waals surface area (Å²) in [5.41, 5.74) is 1.75. The van der Waals surface area contributed by atoms with Crippen LogP contribution < -0.4 is 0 Å². The van der Waals surface area contributed by atoms with Gasteiger partial charge < -0.3 is 0 Å². The topological polar surface area (TPSA) is 17.1 Å². The van der Waals surface area contributed by atoms with Crippen molar-refractivity contribution in [1.82, 2.24) is 0 Å². The molecule has 0 spiro atoms. The van der Waals surface area contributed by atoms with Crippen molar-refractivity contribution in [3.63, 3.8) is 0 Å². The molecule has 0 unspecified atom stereocenters. The van der Waals surface area contributed by atoms with Crippen LogP contribution in [0.1, 0.15) is 12.5 Å². The van der Waals surface area contributed by atoms with Crippen LogP contribution in [0.4, 0.5) is 0 Å². The number of carbonyl (C=O) groups is 1. The van der Waals surface area contributed by atoms with Crippen LogP contribution in [0.3, 0.4) is 0 Å². The van der Waals surface area contributed by atoms with Crippen molar-refractivity contribution in [2.75, 3.05) is 0 Å². The average molecular weight is 172 g/mol. The van der Waals surface area contributed by atoms with Crippen LogP contribution in [0.25, 0.3) is 6.08 Å². The minimum absolute atomic E-state index is 0.0242. The van der Waals surface area contributed by atoms with Gasteiger partial charge in [0.2, 0.25) is 0 Å². The first-order valence-corrected chi connectivity index (χ1v) is 4.14. The zero-order valence-electron chi connectivity index (χ0n) is 7.66. The Balaban J connectivity index is 2.89. The number of allylic oxidation sites excluding steroid dienone is 2. The fourth-order valence-electron chi connectivity index (χ4n) is 1.03. The highest BCUT2D eigenvalue weighted by atomic mass is 16.1. The lowest BCUT2D eigenvalue weighted by atomic mass is 10.1. The van der Waals surface area contributed by atoms with Gasteiger partial charge in [0.15, 0.2) is 5.78 Å². The van der Waals surface area contributed by atoms with Gasteiger partial charge in [0, 0.05) is 0 Å². The van der Waals surface area contributed by atoms with Gasteiger partial charge in [-0.25, -0.2) is 0 Å². The molecule has 0 aliphatic rings. The third-order valence-electron chi connectivity index (χ3n) is 1.76. The Labute approximate surface area is 78.4 Å². The van der Waals surface area contributed by atoms with Crippen molar-refractivity contribution in [1.29, 1.82) is 0 Å². The Bertz CT molecular complexity index is 333. The Morgan fingerprint density at radius 3 is 2.46 bits per heavy atom. The molecule has 0 heterocycles. The summed E-state index contributed by atoms with van der Waals surface area (Å²) >= 11 is 0. The second-order valence-corrected chi connectivity index (χ2v) is 2.81. The molecule has 0 radical (unpaired) electrons. The van der Waals surface area contributed by atoms with Crippen LogP contribution in [-0.4, -0.2) is 5.78 Å². The third-order valence-corrected chi connectivity index (χ3v) is 1.76. The van der Waals surface area contributed by atoms with E-state index in [9.17, 15) is 4.79 Å². The summed E-state index contributed by atoms with van der Waals surface area (Å²) in [5, 5.41) is 0. The molecule has 0 aromatic heterocycles. The number of hydrogen-bond acceptors (Lipinski definition) is 1. The quantitative estimate of drug-likeness (QED) is 0.641. The van der Waals surface area contributed by atoms with Gasteiger partial charge >= 0.3 is 0 Å². The maximum atomic E-state index is 11.1. The van der Waals surface area contributed by atoms with E-state index < -0.39 is 0 Å². The van der Waals surface area contributed by atoms with Gasteiger partial charge in [0.05, 0.1) is 0 Å². The minimum Gasteiger partial charge on any atom is -0.290 e. The highest BCUT2D eigenvalue weighted by Gasteiger charge is 1.97. The van der Waals surface area contributed by atoms with E-state index in [4.69, 9.17) is 0 Å². The van der Waals surface area contributed by atoms with Gasteiger partial charge in [0.25, 0.3) is 0 Å². The number of carbonyl (C=O) groups excluding carboxylic acids is 1. The molecule has 0 aliphatic carbocycles. The molecule has 1 aromatic carbocycles. The van der Waals surface area contributed by atoms with E-state index in [-0.39, 0.29) is 5.78 Å². The first-order chi connectivity index (χ1) is 6.24. The lowest BCUT2D eigenvalue weighted by molar-refractivity contribution is -0.111. The molecule has 13 heavy (non-hydrogen) atoms. The van der Waals surface area contributed by atoms with Crippen LogP contribution in [0.15, 0.2) is 48.6 Å². The van der Waals surface area contributed by atoms with E-state index >= 15 is 0 Å². The molecule has 1 heteroatoms. The summed E-state index contributed by atoms with van der Waals surface area (Å²) in [6.07, 6.45) is 3.18. The predicted molar refractivity (Wildman–Crippen MR) is 55.3 cm³/mol. The first-order valence-electron chi connectivity index (χ1n) is 4.14. The van der Waals surface area contributed by atoms with Crippen molar-refractivity contribution in [3.05, 3.63) is 54.1 Å². The molecule has 1 nitrogen and oxygen atoms in total. The summed E-state index contributed by atoms with van der Waals surface area (Å²) in [6, 6.07) is 9.75. The van der Waals surface area contributed by atoms with Gasteiger partial charge in [-0.15, -0.1) is 0 Å². The van der Waals surface area contributed by atoms with E-state index in [0.717, 1.165) is 5.56 Å². The van der Waals surface area contributed by atoms with Crippen LogP contribution in [0, 0.1) is 0 Å². The van der Waals surface area contributed by atoms with Gasteiger partial charge in [-0.2, -0.15) is 0 Å². The smallest absolute Gasteiger partial charge is 0.180 e. The van der Waals surface area contributed by atoms with Crippen LogP contribution >= 0.6 is 0 Å². The SMILES string of the molecule is C=CC(=O)/C(C)=C/c1ccccc1. The van der Waals surface area contributed by atoms with Gasteiger partial charge in [-0.1, -0.05) is 36.9 Å². The van der Waals surface area contributed by atoms with Crippen molar-refractivity contribution < 1.29 is 4.79 Å². The minimum atomic E-state index is -0.0242. The molecule has 0 bridgehead atoms. The second kappa shape index (κ2) is 4.41. The average Bonchev–Trinajstić information content (AvgIpc) is 2.18. The Morgan fingerprint density at radius 1 is 1.31 bits per heavy atom. The van der Waals surface area contributed by atoms with Crippen LogP contribution in [-0.2, 0) is 4.79 Å². The Hall–Kier alpha value is -1.63. The van der Waals surface area contributed by atoms with E-state index in [1.54, 1.807) is 6.92 Å². The van der Waals surface area contributed by atoms with Crippen molar-refractivity contribution >= 4 is 11.9 Å². The molecule has 0 aliphatic heterocycles. The molecule has 1 rings (SSSR count). The highest BCUT2D eigenvalue weighted by Crippen LogP contribution is 2.06. The van der Waals surface area contributed by atoms with E-state index in [2.05, 4.69) is 6.58 Å². The standard InChI is InChI=1S/C12H12O/c1-3-12(13)10(2)9-11-7-5-4-6-8-11/h3-9H,1H2,2H3/b10-9+. The number of benzene rings is 1. The molecule has 66 valence electrons. The van der Waals surface area contributed by atoms with Crippen molar-refractivity contribution in [3.8, 4) is 0 Å². The van der Waals surface area contributed by atoms with Crippen molar-refractivity contribution in [2.45, 2.75) is 6.92 Å². The Kier molecular flexibility index (Phi) is 3.21. The van der Waals surface area contributed by atoms with E-state index in [1.807, 2.05) is 36.4 Å². The van der Waals surface area contributed by atoms with Crippen LogP contribution in [0.5, 0.6) is 0 Å². The molecule has 0 fully saturated rings. The summed E-state index contributed by atoms with van der Waals surface area (Å²) in [5.74, 6) is -0.0242. The van der Waals surface area contributed by atoms with Crippen molar-refractivity contribution in [2.24, 2.45) is 0 Å². The van der Waals surface area contributed by atoms with Crippen LogP contribution in [0.2, 0.25) is 0 Å². The second-order valence-electron chi connectivity index (χ2n) is 2.81. The van der Waals surface area contributed by atoms with E-state index in [1.165, 1.54) is 6.08 Å². The summed E-state index contributed by atoms with van der Waals surface area (Å²) < 4.78 is 0. The Morgan fingerprint density at radius 2 is 1.92 bits per heavy atom. The molecule has 1 aromatic rings. The first kappa shape index (κ1) is 9.46. The summed E-state index contributed by atoms with van der Waals surface area (Å²) in [4.78, 5) is 11.1. The molecule has 0 saturated carbocycles. The fraction of sp³-hybridized carbons (Fsp3) is 0.0833. The van der Waals surface area contributed by atoms with Gasteiger partial charge in [0.1, 0.15) is 0 Å². The lowest BCUT2D eigenvalue weighted by Crippen LogP contribution is -1.92. The largest absolute Gasteiger partial charge is 0.290 e. The summed E-state index contributed by atoms with van der Waals surface area (Å²) in [7, 11) is 0. The lowest BCUT2D eigenvalue weighted by Gasteiger charge is -1.95. The number of ketones is 1. The molecule has 0 atom stereocenters. The number of rotatable bonds is 3. The maximum absolute atomic E-state index is 11.1. The monoisotopic (exact) mass is 172 g/mol. The summed E-state index contributed by atoms with van der Waals surface area (Å²) in [6.45, 7) is 5.22. The molecular weight excluding hydrogens is 160 g/mol. The molecule has 0 saturated heterocycles. The molecule has 0 N–H and O–H groups in total. The van der Waals surface area contributed by atoms with E-state index in [0.29, 0.717) is 5.57 Å². The third kappa shape index (κ3) is 2.71. The highest BCUT2D eigenvalue weighted by molar-refractivity contribution is 6.06. The van der Waals surface area contributed by atoms with Gasteiger partial charge in [-0.3, -0.25) is 4.79 Å². The molecular formula is C12H12O. The zero-order valence-corrected chi connectivity index (χ0v) is 7.66. The fourth-order valence-corrected chi connectivity index (χ4v) is 1.03. The predicted octanol–water partition coefficient (Wildman–Crippen LogP) is 2.85. The number of hydrogen-bond donors (Lipinski definition) is 0. The maximum Gasteiger partial charge on any atom is 0.180 e.